The normalized spacial score (nSPS) is 19.7. The van der Waals surface area contributed by atoms with Gasteiger partial charge in [0.15, 0.2) is 5.65 Å². The van der Waals surface area contributed by atoms with Crippen LogP contribution in [0, 0.1) is 6.92 Å². The molecule has 47 heavy (non-hydrogen) atoms. The molecule has 4 aromatic rings. The molecule has 1 amide bonds. The first kappa shape index (κ1) is 32.7. The maximum Gasteiger partial charge on any atom is 0.416 e. The summed E-state index contributed by atoms with van der Waals surface area (Å²) in [5.41, 5.74) is 1.01. The van der Waals surface area contributed by atoms with Crippen molar-refractivity contribution in [2.45, 2.75) is 45.7 Å². The number of nitrogens with zero attached hydrogens (tertiary/aromatic N) is 7. The third-order valence-corrected chi connectivity index (χ3v) is 8.57. The van der Waals surface area contributed by atoms with Crippen molar-refractivity contribution >= 4 is 28.6 Å². The molecule has 250 valence electrons. The van der Waals surface area contributed by atoms with Crippen molar-refractivity contribution in [2.24, 2.45) is 7.05 Å². The predicted octanol–water partition coefficient (Wildman–Crippen LogP) is 5.10. The number of piperazine rings is 1. The van der Waals surface area contributed by atoms with E-state index in [9.17, 15) is 18.0 Å². The minimum atomic E-state index is -4.57. The Hall–Kier alpha value is -4.27. The first-order valence-electron chi connectivity index (χ1n) is 15.6. The Kier molecular flexibility index (Phi) is 9.09. The molecule has 11 nitrogen and oxygen atoms in total. The summed E-state index contributed by atoms with van der Waals surface area (Å²) < 4.78 is 56.2. The summed E-state index contributed by atoms with van der Waals surface area (Å²) >= 11 is 0. The lowest BCUT2D eigenvalue weighted by molar-refractivity contribution is -0.138. The number of ether oxygens (including phenoxy) is 2. The van der Waals surface area contributed by atoms with E-state index in [1.807, 2.05) is 37.6 Å². The number of benzene rings is 2. The van der Waals surface area contributed by atoms with Gasteiger partial charge in [0.05, 0.1) is 24.0 Å². The van der Waals surface area contributed by atoms with Crippen molar-refractivity contribution in [1.29, 1.82) is 0 Å². The number of halogens is 3. The number of anilines is 2. The Morgan fingerprint density at radius 2 is 1.74 bits per heavy atom. The van der Waals surface area contributed by atoms with E-state index >= 15 is 0 Å². The van der Waals surface area contributed by atoms with E-state index in [1.54, 1.807) is 36.1 Å². The largest absolute Gasteiger partial charge is 0.438 e. The summed E-state index contributed by atoms with van der Waals surface area (Å²) in [6.07, 6.45) is -2.96. The van der Waals surface area contributed by atoms with Crippen molar-refractivity contribution in [3.63, 3.8) is 0 Å². The summed E-state index contributed by atoms with van der Waals surface area (Å²) in [5.74, 6) is 0.549. The number of hydrogen-bond donors (Lipinski definition) is 1. The van der Waals surface area contributed by atoms with Gasteiger partial charge in [-0.05, 0) is 63.2 Å². The SMILES string of the molecule is Cc1ccc(C(=O)Nc2ccc(CN3CCN(C)CC3)c(C(F)(F)F)c2)cc1Oc1nc(N2CC(C)OC(C)C2)nc2c1cnn2C. The Morgan fingerprint density at radius 3 is 2.45 bits per heavy atom. The molecule has 2 fully saturated rings. The minimum Gasteiger partial charge on any atom is -0.438 e. The zero-order valence-electron chi connectivity index (χ0n) is 27.1. The van der Waals surface area contributed by atoms with Gasteiger partial charge in [0.25, 0.3) is 5.91 Å². The third-order valence-electron chi connectivity index (χ3n) is 8.57. The quantitative estimate of drug-likeness (QED) is 0.293. The third kappa shape index (κ3) is 7.34. The van der Waals surface area contributed by atoms with Crippen LogP contribution in [0.3, 0.4) is 0 Å². The van der Waals surface area contributed by atoms with Crippen molar-refractivity contribution in [1.82, 2.24) is 29.5 Å². The van der Waals surface area contributed by atoms with Gasteiger partial charge in [0.1, 0.15) is 11.1 Å². The topological polar surface area (TPSA) is 101 Å². The summed E-state index contributed by atoms with van der Waals surface area (Å²) in [6.45, 7) is 10.2. The Labute approximate surface area is 271 Å². The smallest absolute Gasteiger partial charge is 0.416 e. The van der Waals surface area contributed by atoms with Gasteiger partial charge in [0.2, 0.25) is 11.8 Å². The van der Waals surface area contributed by atoms with Crippen LogP contribution in [0.2, 0.25) is 0 Å². The molecule has 2 aromatic carbocycles. The van der Waals surface area contributed by atoms with Crippen LogP contribution < -0.4 is 15.0 Å². The first-order chi connectivity index (χ1) is 22.3. The van der Waals surface area contributed by atoms with Gasteiger partial charge in [-0.25, -0.2) is 0 Å². The molecule has 2 aliphatic heterocycles. The lowest BCUT2D eigenvalue weighted by atomic mass is 10.0. The zero-order valence-corrected chi connectivity index (χ0v) is 27.1. The molecule has 0 spiro atoms. The maximum absolute atomic E-state index is 14.1. The molecule has 0 saturated carbocycles. The fraction of sp³-hybridized carbons (Fsp3) is 0.455. The zero-order chi connectivity index (χ0) is 33.5. The average Bonchev–Trinajstić information content (AvgIpc) is 3.39. The molecule has 14 heteroatoms. The number of rotatable bonds is 7. The lowest BCUT2D eigenvalue weighted by Crippen LogP contribution is -2.46. The van der Waals surface area contributed by atoms with Gasteiger partial charge >= 0.3 is 6.18 Å². The molecule has 2 unspecified atom stereocenters. The van der Waals surface area contributed by atoms with Crippen LogP contribution >= 0.6 is 0 Å². The number of aromatic nitrogens is 4. The molecule has 4 heterocycles. The van der Waals surface area contributed by atoms with E-state index in [0.29, 0.717) is 48.9 Å². The molecule has 0 radical (unpaired) electrons. The Balaban J connectivity index is 1.24. The van der Waals surface area contributed by atoms with Crippen LogP contribution in [0.4, 0.5) is 24.8 Å². The highest BCUT2D eigenvalue weighted by Gasteiger charge is 2.34. The molecule has 6 rings (SSSR count). The van der Waals surface area contributed by atoms with Gasteiger partial charge in [-0.3, -0.25) is 14.4 Å². The highest BCUT2D eigenvalue weighted by Crippen LogP contribution is 2.36. The van der Waals surface area contributed by atoms with Gasteiger partial charge in [0, 0.05) is 64.1 Å². The molecular weight excluding hydrogens is 613 g/mol. The van der Waals surface area contributed by atoms with E-state index in [4.69, 9.17) is 19.4 Å². The fourth-order valence-electron chi connectivity index (χ4n) is 6.01. The van der Waals surface area contributed by atoms with E-state index in [0.717, 1.165) is 24.7 Å². The summed E-state index contributed by atoms with van der Waals surface area (Å²) in [4.78, 5) is 29.0. The number of aryl methyl sites for hydroxylation is 2. The van der Waals surface area contributed by atoms with Crippen molar-refractivity contribution in [2.75, 3.05) is 56.5 Å². The molecule has 0 aliphatic carbocycles. The molecule has 1 N–H and O–H groups in total. The fourth-order valence-corrected chi connectivity index (χ4v) is 6.01. The van der Waals surface area contributed by atoms with Crippen molar-refractivity contribution < 1.29 is 27.4 Å². The number of morpholine rings is 1. The average molecular weight is 653 g/mol. The Morgan fingerprint density at radius 1 is 1.02 bits per heavy atom. The monoisotopic (exact) mass is 652 g/mol. The molecule has 2 atom stereocenters. The van der Waals surface area contributed by atoms with Crippen LogP contribution in [-0.2, 0) is 24.5 Å². The standard InChI is InChI=1S/C33H39F3N8O3/c1-20-6-7-23(30(45)38-25-9-8-24(27(15-25)33(34,35)36)19-43-12-10-41(4)11-13-43)14-28(20)47-31-26-16-37-42(5)29(26)39-32(40-31)44-17-21(2)46-22(3)18-44/h6-9,14-16,21-22H,10-13,17-19H2,1-5H3,(H,38,45). The molecule has 2 saturated heterocycles. The second-order valence-electron chi connectivity index (χ2n) is 12.5. The van der Waals surface area contributed by atoms with Gasteiger partial charge in [-0.2, -0.15) is 28.2 Å². The maximum atomic E-state index is 14.1. The Bertz CT molecular complexity index is 1760. The van der Waals surface area contributed by atoms with Crippen molar-refractivity contribution in [3.05, 3.63) is 64.8 Å². The summed E-state index contributed by atoms with van der Waals surface area (Å²) in [6, 6.07) is 8.84. The lowest BCUT2D eigenvalue weighted by Gasteiger charge is -2.35. The predicted molar refractivity (Wildman–Crippen MR) is 172 cm³/mol. The highest BCUT2D eigenvalue weighted by atomic mass is 19.4. The summed E-state index contributed by atoms with van der Waals surface area (Å²) in [7, 11) is 3.78. The number of carbonyl (C=O) groups excluding carboxylic acids is 1. The van der Waals surface area contributed by atoms with Crippen LogP contribution in [0.25, 0.3) is 11.0 Å². The van der Waals surface area contributed by atoms with E-state index in [2.05, 4.69) is 15.3 Å². The number of amides is 1. The number of fused-ring (bicyclic) bond motifs is 1. The summed E-state index contributed by atoms with van der Waals surface area (Å²) in [5, 5.41) is 7.57. The van der Waals surface area contributed by atoms with Gasteiger partial charge in [-0.1, -0.05) is 12.1 Å². The van der Waals surface area contributed by atoms with Crippen LogP contribution in [0.1, 0.15) is 40.9 Å². The highest BCUT2D eigenvalue weighted by molar-refractivity contribution is 6.04. The van der Waals surface area contributed by atoms with Crippen LogP contribution in [0.15, 0.2) is 42.6 Å². The number of alkyl halides is 3. The minimum absolute atomic E-state index is 0.00763. The molecule has 2 aromatic heterocycles. The van der Waals surface area contributed by atoms with E-state index in [1.165, 1.54) is 12.1 Å². The number of hydrogen-bond acceptors (Lipinski definition) is 9. The second kappa shape index (κ2) is 13.1. The van der Waals surface area contributed by atoms with Crippen LogP contribution in [-0.4, -0.2) is 94.0 Å². The number of nitrogens with one attached hydrogen (secondary N) is 1. The van der Waals surface area contributed by atoms with Gasteiger partial charge < -0.3 is 24.6 Å². The second-order valence-corrected chi connectivity index (χ2v) is 12.5. The number of likely N-dealkylation sites (N-methyl/N-ethyl adjacent to an activating group) is 1. The number of carbonyl (C=O) groups is 1. The van der Waals surface area contributed by atoms with E-state index < -0.39 is 17.6 Å². The van der Waals surface area contributed by atoms with E-state index in [-0.39, 0.29) is 41.4 Å². The first-order valence-corrected chi connectivity index (χ1v) is 15.6. The van der Waals surface area contributed by atoms with Gasteiger partial charge in [-0.15, -0.1) is 0 Å². The molecule has 0 bridgehead atoms. The van der Waals surface area contributed by atoms with Crippen LogP contribution in [0.5, 0.6) is 11.6 Å². The molecule has 2 aliphatic rings. The van der Waals surface area contributed by atoms with Crippen molar-refractivity contribution in [3.8, 4) is 11.6 Å². The molecular formula is C33H39F3N8O3.